The number of carbonyl (C=O) groups excluding carboxylic acids is 1. The first-order valence-corrected chi connectivity index (χ1v) is 10.3. The second kappa shape index (κ2) is 8.07. The fourth-order valence-corrected chi connectivity index (χ4v) is 4.34. The van der Waals surface area contributed by atoms with Crippen molar-refractivity contribution in [1.29, 1.82) is 0 Å². The molecule has 0 saturated carbocycles. The molecule has 0 fully saturated rings. The molecule has 4 rings (SSSR count). The molecule has 4 nitrogen and oxygen atoms in total. The maximum Gasteiger partial charge on any atom is 0.268 e. The minimum atomic E-state index is 0.0717. The summed E-state index contributed by atoms with van der Waals surface area (Å²) in [5.74, 6) is 1.58. The summed E-state index contributed by atoms with van der Waals surface area (Å²) in [7, 11) is 1.63. The van der Waals surface area contributed by atoms with E-state index in [1.165, 1.54) is 22.5 Å². The summed E-state index contributed by atoms with van der Waals surface area (Å²) in [5.41, 5.74) is 4.54. The highest BCUT2D eigenvalue weighted by atomic mass is 32.1. The van der Waals surface area contributed by atoms with Crippen molar-refractivity contribution < 1.29 is 14.3 Å². The first kappa shape index (κ1) is 18.6. The molecule has 2 heterocycles. The average molecular weight is 394 g/mol. The fraction of sp³-hybridized carbons (Fsp3) is 0.261. The lowest BCUT2D eigenvalue weighted by Gasteiger charge is -2.29. The van der Waals surface area contributed by atoms with E-state index in [0.29, 0.717) is 6.61 Å². The number of hydrogen-bond donors (Lipinski definition) is 0. The van der Waals surface area contributed by atoms with Crippen molar-refractivity contribution in [2.75, 3.05) is 18.6 Å². The monoisotopic (exact) mass is 393 g/mol. The Bertz CT molecular complexity index is 995. The van der Waals surface area contributed by atoms with Crippen LogP contribution in [0.4, 0.5) is 5.69 Å². The molecule has 0 atom stereocenters. The fourth-order valence-electron chi connectivity index (χ4n) is 3.49. The summed E-state index contributed by atoms with van der Waals surface area (Å²) < 4.78 is 11.1. The molecule has 28 heavy (non-hydrogen) atoms. The van der Waals surface area contributed by atoms with Crippen molar-refractivity contribution in [2.24, 2.45) is 0 Å². The zero-order valence-corrected chi connectivity index (χ0v) is 16.9. The summed E-state index contributed by atoms with van der Waals surface area (Å²) in [6.07, 6.45) is 2.03. The van der Waals surface area contributed by atoms with E-state index in [0.717, 1.165) is 47.0 Å². The van der Waals surface area contributed by atoms with Crippen molar-refractivity contribution in [3.05, 3.63) is 75.5 Å². The number of fused-ring (bicyclic) bond motifs is 1. The number of thiophene rings is 1. The van der Waals surface area contributed by atoms with Crippen LogP contribution in [0, 0.1) is 6.92 Å². The molecule has 1 amide bonds. The van der Waals surface area contributed by atoms with Gasteiger partial charge >= 0.3 is 0 Å². The largest absolute Gasteiger partial charge is 0.497 e. The summed E-state index contributed by atoms with van der Waals surface area (Å²) in [5, 5.41) is 1.99. The van der Waals surface area contributed by atoms with Gasteiger partial charge in [-0.1, -0.05) is 23.8 Å². The predicted octanol–water partition coefficient (Wildman–Crippen LogP) is 5.24. The van der Waals surface area contributed by atoms with Gasteiger partial charge in [-0.25, -0.2) is 0 Å². The number of rotatable bonds is 5. The van der Waals surface area contributed by atoms with Crippen LogP contribution in [0.3, 0.4) is 0 Å². The van der Waals surface area contributed by atoms with Crippen LogP contribution in [-0.4, -0.2) is 19.6 Å². The van der Waals surface area contributed by atoms with Gasteiger partial charge in [-0.05, 0) is 55.0 Å². The Hall–Kier alpha value is -2.79. The van der Waals surface area contributed by atoms with Crippen molar-refractivity contribution in [2.45, 2.75) is 26.4 Å². The van der Waals surface area contributed by atoms with Crippen molar-refractivity contribution in [3.8, 4) is 11.5 Å². The van der Waals surface area contributed by atoms with Crippen LogP contribution in [0.25, 0.3) is 0 Å². The number of hydrogen-bond acceptors (Lipinski definition) is 4. The van der Waals surface area contributed by atoms with Crippen molar-refractivity contribution in [1.82, 2.24) is 0 Å². The van der Waals surface area contributed by atoms with Gasteiger partial charge in [0.2, 0.25) is 0 Å². The molecule has 0 radical (unpaired) electrons. The Morgan fingerprint density at radius 3 is 2.86 bits per heavy atom. The highest BCUT2D eigenvalue weighted by Gasteiger charge is 2.24. The standard InChI is InChI=1S/C23H23NO3S/c1-16-8-9-21-18(11-16)5-4-10-24(21)23(25)22-12-17(15-28-22)14-27-20-7-3-6-19(13-20)26-2/h3,6-9,11-13,15H,4-5,10,14H2,1-2H3. The zero-order valence-electron chi connectivity index (χ0n) is 16.1. The first-order chi connectivity index (χ1) is 13.6. The smallest absolute Gasteiger partial charge is 0.268 e. The van der Waals surface area contributed by atoms with Crippen LogP contribution < -0.4 is 14.4 Å². The molecule has 5 heteroatoms. The summed E-state index contributed by atoms with van der Waals surface area (Å²) in [4.78, 5) is 15.8. The molecule has 2 aromatic carbocycles. The van der Waals surface area contributed by atoms with Gasteiger partial charge in [0.15, 0.2) is 0 Å². The Morgan fingerprint density at radius 2 is 2.00 bits per heavy atom. The van der Waals surface area contributed by atoms with E-state index < -0.39 is 0 Å². The van der Waals surface area contributed by atoms with Crippen LogP contribution >= 0.6 is 11.3 Å². The molecule has 0 bridgehead atoms. The van der Waals surface area contributed by atoms with Gasteiger partial charge in [0.25, 0.3) is 5.91 Å². The second-order valence-corrected chi connectivity index (χ2v) is 7.89. The number of benzene rings is 2. The van der Waals surface area contributed by atoms with Crippen LogP contribution in [0.15, 0.2) is 53.9 Å². The Morgan fingerprint density at radius 1 is 1.14 bits per heavy atom. The molecular weight excluding hydrogens is 370 g/mol. The third-order valence-corrected chi connectivity index (χ3v) is 5.88. The average Bonchev–Trinajstić information content (AvgIpc) is 3.20. The Labute approximate surface area is 169 Å². The lowest BCUT2D eigenvalue weighted by molar-refractivity contribution is 0.0989. The SMILES string of the molecule is COc1cccc(OCc2csc(C(=O)N3CCCc4cc(C)ccc43)c2)c1. The van der Waals surface area contributed by atoms with E-state index in [1.807, 2.05) is 40.6 Å². The number of methoxy groups -OCH3 is 1. The lowest BCUT2D eigenvalue weighted by Crippen LogP contribution is -2.35. The molecule has 1 aliphatic heterocycles. The van der Waals surface area contributed by atoms with Crippen LogP contribution in [-0.2, 0) is 13.0 Å². The van der Waals surface area contributed by atoms with E-state index in [2.05, 4.69) is 25.1 Å². The highest BCUT2D eigenvalue weighted by molar-refractivity contribution is 7.12. The van der Waals surface area contributed by atoms with E-state index in [9.17, 15) is 4.79 Å². The predicted molar refractivity (Wildman–Crippen MR) is 113 cm³/mol. The maximum atomic E-state index is 13.1. The molecule has 0 spiro atoms. The molecule has 1 aromatic heterocycles. The normalized spacial score (nSPS) is 13.1. The zero-order chi connectivity index (χ0) is 19.5. The highest BCUT2D eigenvalue weighted by Crippen LogP contribution is 2.30. The quantitative estimate of drug-likeness (QED) is 0.595. The maximum absolute atomic E-state index is 13.1. The van der Waals surface area contributed by atoms with Crippen LogP contribution in [0.1, 0.15) is 32.8 Å². The molecule has 3 aromatic rings. The number of anilines is 1. The number of ether oxygens (including phenoxy) is 2. The lowest BCUT2D eigenvalue weighted by atomic mass is 9.99. The Kier molecular flexibility index (Phi) is 5.35. The minimum Gasteiger partial charge on any atom is -0.497 e. The van der Waals surface area contributed by atoms with Gasteiger partial charge in [-0.15, -0.1) is 11.3 Å². The molecule has 0 unspecified atom stereocenters. The van der Waals surface area contributed by atoms with Crippen molar-refractivity contribution in [3.63, 3.8) is 0 Å². The topological polar surface area (TPSA) is 38.8 Å². The molecule has 1 aliphatic rings. The van der Waals surface area contributed by atoms with Gasteiger partial charge in [0.05, 0.1) is 12.0 Å². The van der Waals surface area contributed by atoms with Crippen LogP contribution in [0.2, 0.25) is 0 Å². The second-order valence-electron chi connectivity index (χ2n) is 6.98. The summed E-state index contributed by atoms with van der Waals surface area (Å²) >= 11 is 1.48. The number of carbonyl (C=O) groups is 1. The number of aryl methyl sites for hydroxylation is 2. The summed E-state index contributed by atoms with van der Waals surface area (Å²) in [6.45, 7) is 3.28. The third kappa shape index (κ3) is 3.90. The third-order valence-electron chi connectivity index (χ3n) is 4.91. The minimum absolute atomic E-state index is 0.0717. The molecule has 0 aliphatic carbocycles. The van der Waals surface area contributed by atoms with Gasteiger partial charge in [0, 0.05) is 23.9 Å². The van der Waals surface area contributed by atoms with E-state index in [1.54, 1.807) is 7.11 Å². The van der Waals surface area contributed by atoms with Gasteiger partial charge in [-0.3, -0.25) is 4.79 Å². The van der Waals surface area contributed by atoms with Gasteiger partial charge in [0.1, 0.15) is 18.1 Å². The molecule has 0 saturated heterocycles. The summed E-state index contributed by atoms with van der Waals surface area (Å²) in [6, 6.07) is 15.8. The first-order valence-electron chi connectivity index (χ1n) is 9.40. The van der Waals surface area contributed by atoms with E-state index in [4.69, 9.17) is 9.47 Å². The van der Waals surface area contributed by atoms with Gasteiger partial charge in [-0.2, -0.15) is 0 Å². The molecule has 144 valence electrons. The van der Waals surface area contributed by atoms with Crippen molar-refractivity contribution >= 4 is 22.9 Å². The number of amides is 1. The molecular formula is C23H23NO3S. The molecule has 0 N–H and O–H groups in total. The Balaban J connectivity index is 1.46. The van der Waals surface area contributed by atoms with E-state index >= 15 is 0 Å². The number of nitrogens with zero attached hydrogens (tertiary/aromatic N) is 1. The van der Waals surface area contributed by atoms with Gasteiger partial charge < -0.3 is 14.4 Å². The van der Waals surface area contributed by atoms with Crippen LogP contribution in [0.5, 0.6) is 11.5 Å². The van der Waals surface area contributed by atoms with E-state index in [-0.39, 0.29) is 5.91 Å².